The summed E-state index contributed by atoms with van der Waals surface area (Å²) >= 11 is 1.43. The average Bonchev–Trinajstić information content (AvgIpc) is 3.15. The Bertz CT molecular complexity index is 763. The molecule has 0 bridgehead atoms. The number of hydrogen-bond acceptors (Lipinski definition) is 5. The first-order chi connectivity index (χ1) is 12.6. The van der Waals surface area contributed by atoms with Gasteiger partial charge in [0.2, 0.25) is 11.8 Å². The second-order valence-electron chi connectivity index (χ2n) is 6.36. The van der Waals surface area contributed by atoms with Crippen LogP contribution < -0.4 is 10.6 Å². The molecule has 0 aromatic carbocycles. The summed E-state index contributed by atoms with van der Waals surface area (Å²) < 4.78 is 0. The largest absolute Gasteiger partial charge is 0.344 e. The molecule has 0 aliphatic heterocycles. The van der Waals surface area contributed by atoms with Gasteiger partial charge in [-0.1, -0.05) is 30.7 Å². The van der Waals surface area contributed by atoms with Crippen LogP contribution in [0, 0.1) is 5.92 Å². The first kappa shape index (κ1) is 18.4. The van der Waals surface area contributed by atoms with E-state index in [9.17, 15) is 9.59 Å². The summed E-state index contributed by atoms with van der Waals surface area (Å²) in [6, 6.07) is 8.76. The summed E-state index contributed by atoms with van der Waals surface area (Å²) in [7, 11) is 0. The van der Waals surface area contributed by atoms with Crippen LogP contribution in [0.25, 0.3) is 0 Å². The number of anilines is 1. The summed E-state index contributed by atoms with van der Waals surface area (Å²) in [5, 5.41) is 7.32. The maximum Gasteiger partial charge on any atom is 0.247 e. The van der Waals surface area contributed by atoms with Crippen molar-refractivity contribution in [3.8, 4) is 0 Å². The maximum atomic E-state index is 12.7. The lowest BCUT2D eigenvalue weighted by Crippen LogP contribution is -2.47. The molecule has 1 aliphatic carbocycles. The van der Waals surface area contributed by atoms with Gasteiger partial charge in [0.15, 0.2) is 0 Å². The van der Waals surface area contributed by atoms with Gasteiger partial charge in [-0.3, -0.25) is 9.59 Å². The highest BCUT2D eigenvalue weighted by Crippen LogP contribution is 2.29. The topological polar surface area (TPSA) is 84.0 Å². The Morgan fingerprint density at radius 2 is 1.88 bits per heavy atom. The number of carbonyl (C=O) groups excluding carboxylic acids is 2. The van der Waals surface area contributed by atoms with E-state index in [1.165, 1.54) is 18.7 Å². The molecule has 1 saturated carbocycles. The molecule has 2 N–H and O–H groups in total. The van der Waals surface area contributed by atoms with Crippen molar-refractivity contribution in [3.05, 3.63) is 42.7 Å². The predicted octanol–water partition coefficient (Wildman–Crippen LogP) is 3.26. The van der Waals surface area contributed by atoms with E-state index in [0.29, 0.717) is 5.69 Å². The normalized spacial score (nSPS) is 15.4. The summed E-state index contributed by atoms with van der Waals surface area (Å²) in [6.45, 7) is 1.45. The minimum absolute atomic E-state index is 0.174. The zero-order chi connectivity index (χ0) is 18.4. The Hall–Kier alpha value is -2.41. The van der Waals surface area contributed by atoms with Crippen LogP contribution in [0.4, 0.5) is 5.69 Å². The quantitative estimate of drug-likeness (QED) is 0.815. The molecule has 1 fully saturated rings. The van der Waals surface area contributed by atoms with Gasteiger partial charge in [0.25, 0.3) is 0 Å². The Labute approximate surface area is 157 Å². The molecule has 0 unspecified atom stereocenters. The maximum absolute atomic E-state index is 12.7. The highest BCUT2D eigenvalue weighted by atomic mass is 32.2. The zero-order valence-electron chi connectivity index (χ0n) is 14.6. The fraction of sp³-hybridized carbons (Fsp3) is 0.368. The van der Waals surface area contributed by atoms with Gasteiger partial charge in [0.05, 0.1) is 0 Å². The van der Waals surface area contributed by atoms with E-state index in [4.69, 9.17) is 0 Å². The zero-order valence-corrected chi connectivity index (χ0v) is 15.5. The smallest absolute Gasteiger partial charge is 0.247 e. The molecular formula is C19H22N4O2S. The minimum atomic E-state index is -0.491. The van der Waals surface area contributed by atoms with E-state index in [0.717, 1.165) is 35.7 Å². The molecule has 0 saturated heterocycles. The highest BCUT2D eigenvalue weighted by molar-refractivity contribution is 7.99. The third-order valence-corrected chi connectivity index (χ3v) is 5.24. The number of pyridine rings is 2. The number of amides is 2. The molecule has 6 nitrogen and oxygen atoms in total. The molecule has 26 heavy (non-hydrogen) atoms. The van der Waals surface area contributed by atoms with E-state index in [2.05, 4.69) is 20.6 Å². The number of carbonyl (C=O) groups is 2. The highest BCUT2D eigenvalue weighted by Gasteiger charge is 2.31. The van der Waals surface area contributed by atoms with Gasteiger partial charge < -0.3 is 10.6 Å². The lowest BCUT2D eigenvalue weighted by molar-refractivity contribution is -0.126. The molecule has 1 atom stereocenters. The van der Waals surface area contributed by atoms with E-state index >= 15 is 0 Å². The minimum Gasteiger partial charge on any atom is -0.344 e. The molecule has 0 radical (unpaired) electrons. The molecule has 2 aromatic heterocycles. The van der Waals surface area contributed by atoms with E-state index < -0.39 is 6.04 Å². The number of nitrogens with zero attached hydrogens (tertiary/aromatic N) is 2. The monoisotopic (exact) mass is 370 g/mol. The third-order valence-electron chi connectivity index (χ3n) is 4.36. The van der Waals surface area contributed by atoms with Crippen molar-refractivity contribution >= 4 is 29.3 Å². The summed E-state index contributed by atoms with van der Waals surface area (Å²) in [5.41, 5.74) is 0.664. The van der Waals surface area contributed by atoms with Gasteiger partial charge in [-0.15, -0.1) is 0 Å². The first-order valence-electron chi connectivity index (χ1n) is 8.75. The fourth-order valence-corrected chi connectivity index (χ4v) is 3.96. The van der Waals surface area contributed by atoms with Crippen LogP contribution in [0.5, 0.6) is 0 Å². The second-order valence-corrected chi connectivity index (χ2v) is 7.41. The van der Waals surface area contributed by atoms with Crippen LogP contribution in [0.1, 0.15) is 32.6 Å². The van der Waals surface area contributed by atoms with Gasteiger partial charge in [0.1, 0.15) is 16.1 Å². The Morgan fingerprint density at radius 1 is 1.12 bits per heavy atom. The first-order valence-corrected chi connectivity index (χ1v) is 9.56. The van der Waals surface area contributed by atoms with Crippen LogP contribution in [0.15, 0.2) is 52.8 Å². The molecule has 2 amide bonds. The summed E-state index contributed by atoms with van der Waals surface area (Å²) in [5.74, 6) is -0.159. The number of hydrogen-bond donors (Lipinski definition) is 2. The van der Waals surface area contributed by atoms with E-state index in [-0.39, 0.29) is 17.7 Å². The molecule has 2 aromatic rings. The van der Waals surface area contributed by atoms with Crippen molar-refractivity contribution in [2.45, 2.75) is 48.7 Å². The fourth-order valence-electron chi connectivity index (χ4n) is 3.18. The van der Waals surface area contributed by atoms with Crippen molar-refractivity contribution in [1.82, 2.24) is 15.3 Å². The van der Waals surface area contributed by atoms with Gasteiger partial charge >= 0.3 is 0 Å². The lowest BCUT2D eigenvalue weighted by atomic mass is 9.97. The van der Waals surface area contributed by atoms with Crippen molar-refractivity contribution < 1.29 is 9.59 Å². The van der Waals surface area contributed by atoms with E-state index in [1.807, 2.05) is 24.3 Å². The van der Waals surface area contributed by atoms with Crippen molar-refractivity contribution in [3.63, 3.8) is 0 Å². The van der Waals surface area contributed by atoms with Gasteiger partial charge in [-0.05, 0) is 43.0 Å². The molecule has 0 spiro atoms. The Morgan fingerprint density at radius 3 is 2.58 bits per heavy atom. The standard InChI is InChI=1S/C19H22N4O2S/c1-13(24)22-18(14-6-2-3-7-14)19(25)23-15-9-11-21-17(12-15)26-16-8-4-5-10-20-16/h4-5,8-12,14,18H,2-3,6-7H2,1H3,(H,22,24)(H,21,23,25)/t18-/m0/s1. The van der Waals surface area contributed by atoms with Crippen molar-refractivity contribution in [2.75, 3.05) is 5.32 Å². The Kier molecular flexibility index (Phi) is 6.22. The average molecular weight is 370 g/mol. The molecule has 2 heterocycles. The van der Waals surface area contributed by atoms with Crippen LogP contribution in [-0.2, 0) is 9.59 Å². The van der Waals surface area contributed by atoms with Gasteiger partial charge in [-0.2, -0.15) is 0 Å². The summed E-state index contributed by atoms with van der Waals surface area (Å²) in [4.78, 5) is 32.8. The number of aromatic nitrogens is 2. The second kappa shape index (κ2) is 8.80. The SMILES string of the molecule is CC(=O)N[C@H](C(=O)Nc1ccnc(Sc2ccccn2)c1)C1CCCC1. The predicted molar refractivity (Wildman–Crippen MR) is 101 cm³/mol. The molecule has 1 aliphatic rings. The molecule has 136 valence electrons. The molecular weight excluding hydrogens is 348 g/mol. The molecule has 7 heteroatoms. The van der Waals surface area contributed by atoms with E-state index in [1.54, 1.807) is 18.5 Å². The molecule has 3 rings (SSSR count). The van der Waals surface area contributed by atoms with Crippen LogP contribution >= 0.6 is 11.8 Å². The summed E-state index contributed by atoms with van der Waals surface area (Å²) in [6.07, 6.45) is 7.53. The van der Waals surface area contributed by atoms with Gasteiger partial charge in [-0.25, -0.2) is 9.97 Å². The van der Waals surface area contributed by atoms with Crippen LogP contribution in [-0.4, -0.2) is 27.8 Å². The number of nitrogens with one attached hydrogen (secondary N) is 2. The van der Waals surface area contributed by atoms with Crippen LogP contribution in [0.3, 0.4) is 0 Å². The third kappa shape index (κ3) is 5.05. The lowest BCUT2D eigenvalue weighted by Gasteiger charge is -2.23. The van der Waals surface area contributed by atoms with Crippen molar-refractivity contribution in [2.24, 2.45) is 5.92 Å². The Balaban J connectivity index is 1.69. The number of rotatable bonds is 6. The van der Waals surface area contributed by atoms with Gasteiger partial charge in [0, 0.05) is 25.0 Å². The van der Waals surface area contributed by atoms with Crippen molar-refractivity contribution in [1.29, 1.82) is 0 Å². The van der Waals surface area contributed by atoms with Crippen LogP contribution in [0.2, 0.25) is 0 Å².